The summed E-state index contributed by atoms with van der Waals surface area (Å²) in [4.78, 5) is 25.6. The number of aliphatic hydroxyl groups excluding tert-OH is 1. The summed E-state index contributed by atoms with van der Waals surface area (Å²) in [7, 11) is 0. The molecule has 1 aliphatic carbocycles. The molecule has 0 amide bonds. The van der Waals surface area contributed by atoms with Crippen molar-refractivity contribution in [2.75, 3.05) is 13.2 Å². The van der Waals surface area contributed by atoms with Gasteiger partial charge in [-0.05, 0) is 49.6 Å². The summed E-state index contributed by atoms with van der Waals surface area (Å²) in [5, 5.41) is 11.1. The number of hydrogen-bond acceptors (Lipinski definition) is 6. The molecule has 0 radical (unpaired) electrons. The molecule has 34 heavy (non-hydrogen) atoms. The first-order valence-corrected chi connectivity index (χ1v) is 11.7. The number of aliphatic hydroxyl groups is 1. The fourth-order valence-electron chi connectivity index (χ4n) is 4.84. The highest BCUT2D eigenvalue weighted by Crippen LogP contribution is 2.46. The van der Waals surface area contributed by atoms with Gasteiger partial charge in [0.2, 0.25) is 0 Å². The molecule has 3 aromatic rings. The molecule has 0 spiro atoms. The van der Waals surface area contributed by atoms with Crippen LogP contribution in [0.2, 0.25) is 0 Å². The van der Waals surface area contributed by atoms with Gasteiger partial charge in [0, 0.05) is 23.8 Å². The summed E-state index contributed by atoms with van der Waals surface area (Å²) >= 11 is 0. The maximum atomic E-state index is 13.2. The third-order valence-corrected chi connectivity index (χ3v) is 6.96. The van der Waals surface area contributed by atoms with Crippen LogP contribution in [0, 0.1) is 12.3 Å². The lowest BCUT2D eigenvalue weighted by atomic mass is 9.66. The molecule has 1 saturated heterocycles. The molecule has 2 aliphatic rings. The highest BCUT2D eigenvalue weighted by atomic mass is 16.6. The number of hydrogen-bond donors (Lipinski definition) is 1. The number of benzene rings is 2. The molecule has 6 heteroatoms. The molecule has 1 N–H and O–H groups in total. The van der Waals surface area contributed by atoms with E-state index >= 15 is 0 Å². The Labute approximate surface area is 198 Å². The van der Waals surface area contributed by atoms with Crippen molar-refractivity contribution >= 4 is 29.0 Å². The van der Waals surface area contributed by atoms with Crippen molar-refractivity contribution in [2.24, 2.45) is 5.41 Å². The smallest absolute Gasteiger partial charge is 0.334 e. The summed E-state index contributed by atoms with van der Waals surface area (Å²) in [6, 6.07) is 17.4. The molecule has 5 rings (SSSR count). The van der Waals surface area contributed by atoms with Crippen LogP contribution in [0.3, 0.4) is 0 Å². The Morgan fingerprint density at radius 3 is 2.65 bits per heavy atom. The molecule has 2 heterocycles. The van der Waals surface area contributed by atoms with Crippen LogP contribution in [-0.2, 0) is 25.5 Å². The van der Waals surface area contributed by atoms with Gasteiger partial charge in [-0.2, -0.15) is 0 Å². The average Bonchev–Trinajstić information content (AvgIpc) is 3.35. The minimum Gasteiger partial charge on any atom is -0.461 e. The second-order valence-corrected chi connectivity index (χ2v) is 9.63. The topological polar surface area (TPSA) is 86.0 Å². The Hall–Kier alpha value is -3.38. The first-order chi connectivity index (χ1) is 16.4. The number of carbonyl (C=O) groups excluding carboxylic acids is 2. The number of carbonyl (C=O) groups is 2. The van der Waals surface area contributed by atoms with Crippen molar-refractivity contribution in [1.29, 1.82) is 0 Å². The summed E-state index contributed by atoms with van der Waals surface area (Å²) in [5.74, 6) is -0.0703. The molecular weight excluding hydrogens is 432 g/mol. The van der Waals surface area contributed by atoms with E-state index in [0.717, 1.165) is 34.3 Å². The van der Waals surface area contributed by atoms with Crippen molar-refractivity contribution in [3.63, 3.8) is 0 Å². The van der Waals surface area contributed by atoms with E-state index in [0.29, 0.717) is 24.8 Å². The molecule has 1 atom stereocenters. The zero-order valence-electron chi connectivity index (χ0n) is 19.2. The lowest BCUT2D eigenvalue weighted by Crippen LogP contribution is -2.45. The van der Waals surface area contributed by atoms with Crippen molar-refractivity contribution in [2.45, 2.75) is 44.6 Å². The quantitative estimate of drug-likeness (QED) is 0.404. The van der Waals surface area contributed by atoms with Gasteiger partial charge in [-0.1, -0.05) is 48.4 Å². The molecule has 1 aromatic heterocycles. The van der Waals surface area contributed by atoms with Crippen molar-refractivity contribution in [1.82, 2.24) is 0 Å². The number of aryl methyl sites for hydroxylation is 1. The maximum absolute atomic E-state index is 13.2. The molecule has 2 aromatic carbocycles. The zero-order chi connectivity index (χ0) is 23.8. The van der Waals surface area contributed by atoms with Crippen LogP contribution in [0.1, 0.15) is 42.6 Å². The molecule has 0 unspecified atom stereocenters. The Bertz CT molecular complexity index is 1250. The molecule has 176 valence electrons. The van der Waals surface area contributed by atoms with Crippen LogP contribution in [0.15, 0.2) is 64.6 Å². The SMILES string of the molecule is Cc1ccc2oc(CC3(C(=O)OC[C@]4(CO)C/C(=C\c5ccccc5)C(=O)O4)CCC3)cc2c1. The van der Waals surface area contributed by atoms with Gasteiger partial charge >= 0.3 is 11.9 Å². The number of rotatable bonds is 7. The van der Waals surface area contributed by atoms with E-state index in [1.165, 1.54) is 0 Å². The van der Waals surface area contributed by atoms with E-state index in [1.807, 2.05) is 55.5 Å². The number of esters is 2. The number of fused-ring (bicyclic) bond motifs is 1. The molecule has 1 saturated carbocycles. The first-order valence-electron chi connectivity index (χ1n) is 11.7. The lowest BCUT2D eigenvalue weighted by molar-refractivity contribution is -0.177. The van der Waals surface area contributed by atoms with Gasteiger partial charge in [0.15, 0.2) is 5.60 Å². The van der Waals surface area contributed by atoms with Crippen LogP contribution >= 0.6 is 0 Å². The second-order valence-electron chi connectivity index (χ2n) is 9.63. The van der Waals surface area contributed by atoms with Gasteiger partial charge in [0.05, 0.1) is 12.0 Å². The predicted octanol–water partition coefficient (Wildman–Crippen LogP) is 4.76. The van der Waals surface area contributed by atoms with Crippen molar-refractivity contribution in [3.05, 3.63) is 77.1 Å². The van der Waals surface area contributed by atoms with Crippen LogP contribution in [-0.4, -0.2) is 35.9 Å². The first kappa shape index (κ1) is 22.4. The Morgan fingerprint density at radius 2 is 1.94 bits per heavy atom. The van der Waals surface area contributed by atoms with E-state index in [-0.39, 0.29) is 19.0 Å². The average molecular weight is 461 g/mol. The fraction of sp³-hybridized carbons (Fsp3) is 0.357. The maximum Gasteiger partial charge on any atom is 0.334 e. The molecule has 6 nitrogen and oxygen atoms in total. The van der Waals surface area contributed by atoms with Gasteiger partial charge in [-0.25, -0.2) is 4.79 Å². The highest BCUT2D eigenvalue weighted by molar-refractivity contribution is 5.96. The van der Waals surface area contributed by atoms with Gasteiger partial charge < -0.3 is 19.0 Å². The monoisotopic (exact) mass is 460 g/mol. The largest absolute Gasteiger partial charge is 0.461 e. The van der Waals surface area contributed by atoms with Crippen molar-refractivity contribution < 1.29 is 28.6 Å². The second kappa shape index (κ2) is 8.76. The summed E-state index contributed by atoms with van der Waals surface area (Å²) in [6.45, 7) is 1.43. The third kappa shape index (κ3) is 4.26. The van der Waals surface area contributed by atoms with Crippen LogP contribution in [0.4, 0.5) is 0 Å². The van der Waals surface area contributed by atoms with E-state index in [2.05, 4.69) is 6.07 Å². The summed E-state index contributed by atoms with van der Waals surface area (Å²) in [5.41, 5.74) is 1.37. The molecule has 1 aliphatic heterocycles. The summed E-state index contributed by atoms with van der Waals surface area (Å²) < 4.78 is 17.2. The summed E-state index contributed by atoms with van der Waals surface area (Å²) in [6.07, 6.45) is 4.77. The van der Waals surface area contributed by atoms with Crippen LogP contribution < -0.4 is 0 Å². The van der Waals surface area contributed by atoms with Crippen LogP contribution in [0.5, 0.6) is 0 Å². The number of ether oxygens (including phenoxy) is 2. The lowest BCUT2D eigenvalue weighted by Gasteiger charge is -2.39. The minimum atomic E-state index is -1.25. The van der Waals surface area contributed by atoms with Gasteiger partial charge in [-0.3, -0.25) is 4.79 Å². The molecule has 2 fully saturated rings. The van der Waals surface area contributed by atoms with Gasteiger partial charge in [0.1, 0.15) is 18.0 Å². The Morgan fingerprint density at radius 1 is 1.15 bits per heavy atom. The molecular formula is C28H28O6. The Balaban J connectivity index is 1.28. The number of cyclic esters (lactones) is 1. The van der Waals surface area contributed by atoms with E-state index < -0.39 is 23.6 Å². The third-order valence-electron chi connectivity index (χ3n) is 6.96. The normalized spacial score (nSPS) is 22.5. The fourth-order valence-corrected chi connectivity index (χ4v) is 4.84. The van der Waals surface area contributed by atoms with Gasteiger partial charge in [-0.15, -0.1) is 0 Å². The van der Waals surface area contributed by atoms with E-state index in [4.69, 9.17) is 13.9 Å². The van der Waals surface area contributed by atoms with Crippen molar-refractivity contribution in [3.8, 4) is 0 Å². The Kier molecular flexibility index (Phi) is 5.78. The van der Waals surface area contributed by atoms with Crippen LogP contribution in [0.25, 0.3) is 17.0 Å². The van der Waals surface area contributed by atoms with Gasteiger partial charge in [0.25, 0.3) is 0 Å². The number of furan rings is 1. The zero-order valence-corrected chi connectivity index (χ0v) is 19.2. The molecule has 0 bridgehead atoms. The standard InChI is InChI=1S/C28H28O6/c1-19-8-9-24-21(12-19)14-23(33-24)16-27(10-5-11-27)26(31)32-18-28(17-29)15-22(25(30)34-28)13-20-6-3-2-4-7-20/h2-4,6-9,12-14,29H,5,10-11,15-18H2,1H3/b22-13+/t28-/m1/s1. The highest BCUT2D eigenvalue weighted by Gasteiger charge is 2.49. The minimum absolute atomic E-state index is 0.179. The van der Waals surface area contributed by atoms with E-state index in [9.17, 15) is 14.7 Å². The van der Waals surface area contributed by atoms with E-state index in [1.54, 1.807) is 6.08 Å². The predicted molar refractivity (Wildman–Crippen MR) is 127 cm³/mol.